The molecule has 0 aliphatic rings. The van der Waals surface area contributed by atoms with E-state index in [2.05, 4.69) is 43.5 Å². The lowest BCUT2D eigenvalue weighted by atomic mass is 10.0. The minimum absolute atomic E-state index is 0.0188. The molecule has 0 aromatic carbocycles. The van der Waals surface area contributed by atoms with Crippen molar-refractivity contribution in [2.75, 3.05) is 13.2 Å². The maximum absolute atomic E-state index is 12.4. The molecule has 0 saturated carbocycles. The van der Waals surface area contributed by atoms with E-state index in [1.54, 1.807) is 6.08 Å². The van der Waals surface area contributed by atoms with E-state index in [0.717, 1.165) is 64.2 Å². The maximum Gasteiger partial charge on any atom is 0.305 e. The summed E-state index contributed by atoms with van der Waals surface area (Å²) in [6.45, 7) is 4.84. The summed E-state index contributed by atoms with van der Waals surface area (Å²) in [6.07, 6.45) is 62.8. The van der Waals surface area contributed by atoms with Gasteiger partial charge in [-0.15, -0.1) is 0 Å². The summed E-state index contributed by atoms with van der Waals surface area (Å²) in [5, 5.41) is 23.1. The Morgan fingerprint density at radius 1 is 0.452 bits per heavy atom. The van der Waals surface area contributed by atoms with E-state index < -0.39 is 12.1 Å². The van der Waals surface area contributed by atoms with Crippen LogP contribution < -0.4 is 5.32 Å². The molecular formula is C56H105NO5. The van der Waals surface area contributed by atoms with Gasteiger partial charge in [0.1, 0.15) is 0 Å². The van der Waals surface area contributed by atoms with Gasteiger partial charge < -0.3 is 20.3 Å². The molecule has 2 atom stereocenters. The second kappa shape index (κ2) is 51.7. The van der Waals surface area contributed by atoms with Gasteiger partial charge in [-0.1, -0.05) is 243 Å². The predicted octanol–water partition coefficient (Wildman–Crippen LogP) is 16.5. The predicted molar refractivity (Wildman–Crippen MR) is 269 cm³/mol. The smallest absolute Gasteiger partial charge is 0.305 e. The summed E-state index contributed by atoms with van der Waals surface area (Å²) < 4.78 is 5.47. The van der Waals surface area contributed by atoms with Gasteiger partial charge in [0.25, 0.3) is 0 Å². The van der Waals surface area contributed by atoms with Crippen LogP contribution in [-0.2, 0) is 14.3 Å². The minimum Gasteiger partial charge on any atom is -0.466 e. The van der Waals surface area contributed by atoms with Crippen LogP contribution in [0, 0.1) is 0 Å². The lowest BCUT2D eigenvalue weighted by Crippen LogP contribution is -2.45. The molecule has 6 nitrogen and oxygen atoms in total. The topological polar surface area (TPSA) is 95.9 Å². The zero-order valence-corrected chi connectivity index (χ0v) is 41.4. The Balaban J connectivity index is 3.49. The summed E-state index contributed by atoms with van der Waals surface area (Å²) in [7, 11) is 0. The van der Waals surface area contributed by atoms with Crippen LogP contribution in [-0.4, -0.2) is 47.4 Å². The second-order valence-electron chi connectivity index (χ2n) is 18.6. The normalized spacial score (nSPS) is 12.9. The lowest BCUT2D eigenvalue weighted by Gasteiger charge is -2.20. The standard InChI is InChI=1S/C56H105NO5/c1-3-5-7-9-11-13-15-17-19-21-23-25-30-34-38-42-46-50-56(61)62-51-47-43-39-35-31-27-26-29-33-37-41-45-49-55(60)57-53(52-58)54(59)48-44-40-36-32-28-24-22-20-18-16-14-12-10-8-6-4-2/h11,13,17,19,44,48,53-54,58-59H,3-10,12,14-16,18,20-43,45-47,49-52H2,1-2H3,(H,57,60)/b13-11-,19-17-,48-44+. The molecule has 0 bridgehead atoms. The molecule has 0 spiro atoms. The number of aliphatic hydroxyl groups excluding tert-OH is 2. The first kappa shape index (κ1) is 60.1. The quantitative estimate of drug-likeness (QED) is 0.0321. The Morgan fingerprint density at radius 2 is 0.806 bits per heavy atom. The van der Waals surface area contributed by atoms with Crippen molar-refractivity contribution in [3.05, 3.63) is 36.5 Å². The lowest BCUT2D eigenvalue weighted by molar-refractivity contribution is -0.143. The van der Waals surface area contributed by atoms with Gasteiger partial charge in [-0.2, -0.15) is 0 Å². The molecule has 3 N–H and O–H groups in total. The van der Waals surface area contributed by atoms with Crippen LogP contribution in [0.4, 0.5) is 0 Å². The number of esters is 1. The molecule has 62 heavy (non-hydrogen) atoms. The van der Waals surface area contributed by atoms with Crippen molar-refractivity contribution in [1.29, 1.82) is 0 Å². The molecule has 0 aromatic rings. The molecule has 0 heterocycles. The Labute approximate surface area is 385 Å². The number of carbonyl (C=O) groups is 2. The molecule has 0 fully saturated rings. The van der Waals surface area contributed by atoms with Crippen LogP contribution >= 0.6 is 0 Å². The van der Waals surface area contributed by atoms with E-state index in [1.165, 1.54) is 193 Å². The van der Waals surface area contributed by atoms with E-state index in [1.807, 2.05) is 6.08 Å². The van der Waals surface area contributed by atoms with E-state index >= 15 is 0 Å². The first-order chi connectivity index (χ1) is 30.5. The molecule has 364 valence electrons. The number of allylic oxidation sites excluding steroid dienone is 5. The zero-order valence-electron chi connectivity index (χ0n) is 41.4. The van der Waals surface area contributed by atoms with Gasteiger partial charge in [0, 0.05) is 12.8 Å². The molecular weight excluding hydrogens is 767 g/mol. The fourth-order valence-electron chi connectivity index (χ4n) is 8.19. The highest BCUT2D eigenvalue weighted by atomic mass is 16.5. The van der Waals surface area contributed by atoms with Gasteiger partial charge in [0.05, 0.1) is 25.4 Å². The van der Waals surface area contributed by atoms with Gasteiger partial charge in [-0.05, 0) is 64.2 Å². The molecule has 0 rings (SSSR count). The summed E-state index contributed by atoms with van der Waals surface area (Å²) in [5.41, 5.74) is 0. The zero-order chi connectivity index (χ0) is 45.1. The second-order valence-corrected chi connectivity index (χ2v) is 18.6. The van der Waals surface area contributed by atoms with Gasteiger partial charge in [-0.3, -0.25) is 9.59 Å². The van der Waals surface area contributed by atoms with Gasteiger partial charge in [-0.25, -0.2) is 0 Å². The largest absolute Gasteiger partial charge is 0.466 e. The first-order valence-corrected chi connectivity index (χ1v) is 27.3. The summed E-state index contributed by atoms with van der Waals surface area (Å²) in [5.74, 6) is -0.102. The van der Waals surface area contributed by atoms with Crippen LogP contribution in [0.25, 0.3) is 0 Å². The minimum atomic E-state index is -0.855. The maximum atomic E-state index is 12.4. The van der Waals surface area contributed by atoms with Crippen molar-refractivity contribution in [3.8, 4) is 0 Å². The van der Waals surface area contributed by atoms with Crippen molar-refractivity contribution in [2.24, 2.45) is 0 Å². The SMILES string of the molecule is CCCCC/C=C\C/C=C\CCCCCCCCCC(=O)OCCCCCCCCCCCCCCC(=O)NC(CO)C(O)/C=C/CCCCCCCCCCCCCCCC. The molecule has 1 amide bonds. The van der Waals surface area contributed by atoms with Crippen molar-refractivity contribution in [3.63, 3.8) is 0 Å². The summed E-state index contributed by atoms with van der Waals surface area (Å²) in [6, 6.07) is -0.640. The van der Waals surface area contributed by atoms with Crippen molar-refractivity contribution in [1.82, 2.24) is 5.32 Å². The highest BCUT2D eigenvalue weighted by molar-refractivity contribution is 5.76. The van der Waals surface area contributed by atoms with Crippen LogP contribution in [0.15, 0.2) is 36.5 Å². The Kier molecular flexibility index (Phi) is 50.1. The van der Waals surface area contributed by atoms with E-state index in [0.29, 0.717) is 19.4 Å². The number of hydrogen-bond donors (Lipinski definition) is 3. The number of nitrogens with one attached hydrogen (secondary N) is 1. The molecule has 0 aliphatic carbocycles. The molecule has 0 saturated heterocycles. The molecule has 6 heteroatoms. The van der Waals surface area contributed by atoms with E-state index in [-0.39, 0.29) is 18.5 Å². The number of amides is 1. The van der Waals surface area contributed by atoms with E-state index in [9.17, 15) is 19.8 Å². The first-order valence-electron chi connectivity index (χ1n) is 27.3. The highest BCUT2D eigenvalue weighted by Gasteiger charge is 2.18. The summed E-state index contributed by atoms with van der Waals surface area (Å²) >= 11 is 0. The fraction of sp³-hybridized carbons (Fsp3) is 0.857. The van der Waals surface area contributed by atoms with Crippen LogP contribution in [0.1, 0.15) is 284 Å². The van der Waals surface area contributed by atoms with Crippen molar-refractivity contribution >= 4 is 11.9 Å². The van der Waals surface area contributed by atoms with E-state index in [4.69, 9.17) is 4.74 Å². The van der Waals surface area contributed by atoms with Crippen molar-refractivity contribution in [2.45, 2.75) is 296 Å². The monoisotopic (exact) mass is 872 g/mol. The molecule has 0 radical (unpaired) electrons. The number of rotatable bonds is 50. The Bertz CT molecular complexity index is 1010. The average Bonchev–Trinajstić information content (AvgIpc) is 3.27. The Hall–Kier alpha value is -1.92. The number of ether oxygens (including phenoxy) is 1. The Morgan fingerprint density at radius 3 is 1.26 bits per heavy atom. The number of carbonyl (C=O) groups excluding carboxylic acids is 2. The summed E-state index contributed by atoms with van der Waals surface area (Å²) in [4.78, 5) is 24.5. The van der Waals surface area contributed by atoms with Crippen LogP contribution in [0.5, 0.6) is 0 Å². The highest BCUT2D eigenvalue weighted by Crippen LogP contribution is 2.16. The fourth-order valence-corrected chi connectivity index (χ4v) is 8.19. The van der Waals surface area contributed by atoms with Gasteiger partial charge in [0.2, 0.25) is 5.91 Å². The van der Waals surface area contributed by atoms with Crippen molar-refractivity contribution < 1.29 is 24.5 Å². The molecule has 0 aliphatic heterocycles. The van der Waals surface area contributed by atoms with Crippen LogP contribution in [0.2, 0.25) is 0 Å². The van der Waals surface area contributed by atoms with Gasteiger partial charge >= 0.3 is 5.97 Å². The molecule has 2 unspecified atom stereocenters. The third-order valence-electron chi connectivity index (χ3n) is 12.4. The average molecular weight is 872 g/mol. The molecule has 0 aromatic heterocycles. The van der Waals surface area contributed by atoms with Gasteiger partial charge in [0.15, 0.2) is 0 Å². The third-order valence-corrected chi connectivity index (χ3v) is 12.4. The van der Waals surface area contributed by atoms with Crippen LogP contribution in [0.3, 0.4) is 0 Å². The number of aliphatic hydroxyl groups is 2. The third kappa shape index (κ3) is 47.6. The number of unbranched alkanes of at least 4 members (excludes halogenated alkanes) is 35. The number of hydrogen-bond acceptors (Lipinski definition) is 5.